The molecule has 3 rings (SSSR count). The molecule has 2 aliphatic rings. The van der Waals surface area contributed by atoms with Gasteiger partial charge in [-0.15, -0.1) is 0 Å². The highest BCUT2D eigenvalue weighted by Crippen LogP contribution is 2.31. The maximum atomic E-state index is 5.71. The second-order valence-electron chi connectivity index (χ2n) is 5.52. The molecule has 0 aromatic carbocycles. The number of morpholine rings is 1. The molecule has 4 nitrogen and oxygen atoms in total. The number of rotatable bonds is 3. The van der Waals surface area contributed by atoms with Crippen molar-refractivity contribution in [2.75, 3.05) is 19.7 Å². The summed E-state index contributed by atoms with van der Waals surface area (Å²) in [4.78, 5) is 8.03. The predicted octanol–water partition coefficient (Wildman–Crippen LogP) is 1.99. The highest BCUT2D eigenvalue weighted by molar-refractivity contribution is 5.09. The summed E-state index contributed by atoms with van der Waals surface area (Å²) >= 11 is 0. The smallest absolute Gasteiger partial charge is 0.108 e. The van der Waals surface area contributed by atoms with E-state index in [0.29, 0.717) is 5.92 Å². The number of H-pyrrole nitrogens is 1. The molecule has 1 aliphatic carbocycles. The molecule has 1 saturated heterocycles. The van der Waals surface area contributed by atoms with E-state index in [9.17, 15) is 0 Å². The third-order valence-electron chi connectivity index (χ3n) is 4.12. The van der Waals surface area contributed by atoms with Crippen molar-refractivity contribution < 1.29 is 4.74 Å². The third-order valence-corrected chi connectivity index (χ3v) is 4.12. The van der Waals surface area contributed by atoms with E-state index in [-0.39, 0.29) is 6.10 Å². The average molecular weight is 249 g/mol. The van der Waals surface area contributed by atoms with Crippen molar-refractivity contribution in [3.8, 4) is 0 Å². The van der Waals surface area contributed by atoms with Crippen LogP contribution in [0.25, 0.3) is 0 Å². The molecule has 0 amide bonds. The van der Waals surface area contributed by atoms with Crippen LogP contribution in [0.4, 0.5) is 0 Å². The molecule has 2 heterocycles. The molecule has 1 aromatic heterocycles. The van der Waals surface area contributed by atoms with Gasteiger partial charge >= 0.3 is 0 Å². The number of nitrogens with one attached hydrogen (secondary N) is 2. The average Bonchev–Trinajstić information content (AvgIpc) is 2.89. The van der Waals surface area contributed by atoms with Crippen molar-refractivity contribution >= 4 is 0 Å². The lowest BCUT2D eigenvalue weighted by Gasteiger charge is -2.23. The SMILES string of the molecule is c1nc(CC2CNCCO2)[nH]c1C1CCCCC1. The van der Waals surface area contributed by atoms with Gasteiger partial charge in [-0.1, -0.05) is 19.3 Å². The van der Waals surface area contributed by atoms with Crippen LogP contribution in [0.1, 0.15) is 49.5 Å². The molecule has 0 radical (unpaired) electrons. The van der Waals surface area contributed by atoms with Gasteiger partial charge in [-0.3, -0.25) is 0 Å². The molecule has 1 atom stereocenters. The van der Waals surface area contributed by atoms with Gasteiger partial charge in [-0.05, 0) is 12.8 Å². The quantitative estimate of drug-likeness (QED) is 0.861. The van der Waals surface area contributed by atoms with Crippen molar-refractivity contribution in [1.82, 2.24) is 15.3 Å². The molecule has 1 unspecified atom stereocenters. The van der Waals surface area contributed by atoms with Gasteiger partial charge in [0.1, 0.15) is 5.82 Å². The summed E-state index contributed by atoms with van der Waals surface area (Å²) in [5.74, 6) is 1.80. The molecule has 4 heteroatoms. The maximum Gasteiger partial charge on any atom is 0.108 e. The Hall–Kier alpha value is -0.870. The fraction of sp³-hybridized carbons (Fsp3) is 0.786. The molecule has 1 aliphatic heterocycles. The molecule has 1 saturated carbocycles. The Labute approximate surface area is 109 Å². The summed E-state index contributed by atoms with van der Waals surface area (Å²) in [5.41, 5.74) is 1.34. The Morgan fingerprint density at radius 1 is 1.28 bits per heavy atom. The van der Waals surface area contributed by atoms with Crippen LogP contribution in [0.15, 0.2) is 6.20 Å². The van der Waals surface area contributed by atoms with E-state index in [1.54, 1.807) is 0 Å². The number of aromatic amines is 1. The van der Waals surface area contributed by atoms with E-state index in [4.69, 9.17) is 4.74 Å². The highest BCUT2D eigenvalue weighted by atomic mass is 16.5. The Balaban J connectivity index is 1.58. The van der Waals surface area contributed by atoms with E-state index < -0.39 is 0 Å². The minimum atomic E-state index is 0.282. The number of hydrogen-bond acceptors (Lipinski definition) is 3. The van der Waals surface area contributed by atoms with Crippen molar-refractivity contribution in [3.63, 3.8) is 0 Å². The fourth-order valence-corrected chi connectivity index (χ4v) is 3.07. The van der Waals surface area contributed by atoms with Crippen LogP contribution in [-0.2, 0) is 11.2 Å². The van der Waals surface area contributed by atoms with E-state index >= 15 is 0 Å². The van der Waals surface area contributed by atoms with Gasteiger partial charge in [-0.25, -0.2) is 4.98 Å². The van der Waals surface area contributed by atoms with Gasteiger partial charge < -0.3 is 15.0 Å². The molecule has 0 spiro atoms. The predicted molar refractivity (Wildman–Crippen MR) is 70.7 cm³/mol. The molecule has 2 N–H and O–H groups in total. The first-order valence-corrected chi connectivity index (χ1v) is 7.28. The monoisotopic (exact) mass is 249 g/mol. The highest BCUT2D eigenvalue weighted by Gasteiger charge is 2.19. The number of nitrogens with zero attached hydrogens (tertiary/aromatic N) is 1. The van der Waals surface area contributed by atoms with Gasteiger partial charge in [0.2, 0.25) is 0 Å². The third kappa shape index (κ3) is 2.93. The Morgan fingerprint density at radius 3 is 2.94 bits per heavy atom. The molecular formula is C14H23N3O. The van der Waals surface area contributed by atoms with Crippen LogP contribution in [0.3, 0.4) is 0 Å². The molecule has 100 valence electrons. The molecule has 18 heavy (non-hydrogen) atoms. The first-order valence-electron chi connectivity index (χ1n) is 7.28. The summed E-state index contributed by atoms with van der Waals surface area (Å²) in [5, 5.41) is 3.36. The zero-order chi connectivity index (χ0) is 12.2. The van der Waals surface area contributed by atoms with Crippen molar-refractivity contribution in [3.05, 3.63) is 17.7 Å². The van der Waals surface area contributed by atoms with E-state index in [0.717, 1.165) is 31.9 Å². The normalized spacial score (nSPS) is 26.3. The molecule has 0 bridgehead atoms. The van der Waals surface area contributed by atoms with E-state index in [2.05, 4.69) is 15.3 Å². The van der Waals surface area contributed by atoms with Crippen LogP contribution < -0.4 is 5.32 Å². The summed E-state index contributed by atoms with van der Waals surface area (Å²) in [6.45, 7) is 2.74. The minimum Gasteiger partial charge on any atom is -0.375 e. The Bertz CT molecular complexity index is 365. The van der Waals surface area contributed by atoms with E-state index in [1.165, 1.54) is 37.8 Å². The van der Waals surface area contributed by atoms with Crippen LogP contribution in [0.2, 0.25) is 0 Å². The van der Waals surface area contributed by atoms with Crippen LogP contribution in [0.5, 0.6) is 0 Å². The standard InChI is InChI=1S/C14H23N3O/c1-2-4-11(5-3-1)13-10-16-14(17-13)8-12-9-15-6-7-18-12/h10-12,15H,1-9H2,(H,16,17). The van der Waals surface area contributed by atoms with Gasteiger partial charge in [0.25, 0.3) is 0 Å². The molecular weight excluding hydrogens is 226 g/mol. The number of hydrogen-bond donors (Lipinski definition) is 2. The summed E-state index contributed by atoms with van der Waals surface area (Å²) in [6.07, 6.45) is 10.0. The molecule has 1 aromatic rings. The lowest BCUT2D eigenvalue weighted by Crippen LogP contribution is -2.39. The van der Waals surface area contributed by atoms with Crippen molar-refractivity contribution in [1.29, 1.82) is 0 Å². The lowest BCUT2D eigenvalue weighted by atomic mass is 9.87. The summed E-state index contributed by atoms with van der Waals surface area (Å²) < 4.78 is 5.71. The second kappa shape index (κ2) is 5.85. The Morgan fingerprint density at radius 2 is 2.17 bits per heavy atom. The van der Waals surface area contributed by atoms with Gasteiger partial charge in [0, 0.05) is 37.3 Å². The van der Waals surface area contributed by atoms with E-state index in [1.807, 2.05) is 6.20 Å². The van der Waals surface area contributed by atoms with Crippen LogP contribution >= 0.6 is 0 Å². The summed E-state index contributed by atoms with van der Waals surface area (Å²) in [6, 6.07) is 0. The van der Waals surface area contributed by atoms with Gasteiger partial charge in [0.15, 0.2) is 0 Å². The lowest BCUT2D eigenvalue weighted by molar-refractivity contribution is 0.0281. The first-order chi connectivity index (χ1) is 8.92. The number of ether oxygens (including phenoxy) is 1. The molecule has 2 fully saturated rings. The zero-order valence-corrected chi connectivity index (χ0v) is 11.0. The maximum absolute atomic E-state index is 5.71. The van der Waals surface area contributed by atoms with Gasteiger partial charge in [-0.2, -0.15) is 0 Å². The van der Waals surface area contributed by atoms with Crippen molar-refractivity contribution in [2.24, 2.45) is 0 Å². The summed E-state index contributed by atoms with van der Waals surface area (Å²) in [7, 11) is 0. The minimum absolute atomic E-state index is 0.282. The largest absolute Gasteiger partial charge is 0.375 e. The topological polar surface area (TPSA) is 49.9 Å². The van der Waals surface area contributed by atoms with Crippen LogP contribution in [-0.4, -0.2) is 35.8 Å². The zero-order valence-electron chi connectivity index (χ0n) is 11.0. The van der Waals surface area contributed by atoms with Gasteiger partial charge in [0.05, 0.1) is 12.7 Å². The fourth-order valence-electron chi connectivity index (χ4n) is 3.07. The van der Waals surface area contributed by atoms with Crippen molar-refractivity contribution in [2.45, 2.75) is 50.5 Å². The van der Waals surface area contributed by atoms with Crippen LogP contribution in [0, 0.1) is 0 Å². The second-order valence-corrected chi connectivity index (χ2v) is 5.52. The number of aromatic nitrogens is 2. The first kappa shape index (κ1) is 12.2. The Kier molecular flexibility index (Phi) is 3.96. The number of imidazole rings is 1.